The molecule has 0 fully saturated rings. The number of rotatable bonds is 3. The first-order chi connectivity index (χ1) is 10.1. The number of aromatic amines is 1. The molecule has 0 amide bonds. The molecular weight excluding hydrogens is 308 g/mol. The van der Waals surface area contributed by atoms with Crippen LogP contribution in [-0.4, -0.2) is 28.8 Å². The number of carbonyl (C=O) groups excluding carboxylic acids is 1. The minimum atomic E-state index is -0.331. The largest absolute Gasteiger partial charge is 0.468 e. The molecule has 112 valence electrons. The summed E-state index contributed by atoms with van der Waals surface area (Å²) in [6.07, 6.45) is 3.10. The molecule has 1 N–H and O–H groups in total. The van der Waals surface area contributed by atoms with E-state index in [4.69, 9.17) is 0 Å². The van der Waals surface area contributed by atoms with E-state index in [1.807, 2.05) is 0 Å². The van der Waals surface area contributed by atoms with Gasteiger partial charge in [0.2, 0.25) is 0 Å². The van der Waals surface area contributed by atoms with Crippen molar-refractivity contribution in [2.24, 2.45) is 5.92 Å². The molecule has 1 unspecified atom stereocenters. The van der Waals surface area contributed by atoms with Crippen LogP contribution in [-0.2, 0) is 22.4 Å². The normalized spacial score (nSPS) is 17.7. The molecule has 0 aliphatic heterocycles. The van der Waals surface area contributed by atoms with E-state index >= 15 is 0 Å². The van der Waals surface area contributed by atoms with Gasteiger partial charge in [-0.3, -0.25) is 9.59 Å². The van der Waals surface area contributed by atoms with Crippen molar-refractivity contribution in [1.29, 1.82) is 0 Å². The van der Waals surface area contributed by atoms with Crippen molar-refractivity contribution in [1.82, 2.24) is 9.97 Å². The number of thioether (sulfide) groups is 1. The average Bonchev–Trinajstić information content (AvgIpc) is 2.82. The van der Waals surface area contributed by atoms with Gasteiger partial charge in [-0.05, 0) is 30.7 Å². The number of hydrogen-bond donors (Lipinski definition) is 1. The van der Waals surface area contributed by atoms with Gasteiger partial charge in [-0.2, -0.15) is 0 Å². The highest BCUT2D eigenvalue weighted by molar-refractivity contribution is 7.99. The van der Waals surface area contributed by atoms with Gasteiger partial charge in [-0.25, -0.2) is 4.98 Å². The fourth-order valence-corrected chi connectivity index (χ4v) is 4.72. The number of aryl methyl sites for hydroxylation is 1. The number of ether oxygens (including phenoxy) is 1. The monoisotopic (exact) mass is 324 g/mol. The quantitative estimate of drug-likeness (QED) is 0.533. The van der Waals surface area contributed by atoms with Crippen LogP contribution in [0.15, 0.2) is 9.95 Å². The molecule has 1 aliphatic rings. The number of nitrogens with zero attached hydrogens (tertiary/aromatic N) is 1. The zero-order chi connectivity index (χ0) is 15.0. The van der Waals surface area contributed by atoms with E-state index in [0.717, 1.165) is 29.5 Å². The van der Waals surface area contributed by atoms with Crippen LogP contribution in [0, 0.1) is 5.92 Å². The molecule has 0 bridgehead atoms. The predicted octanol–water partition coefficient (Wildman–Crippen LogP) is 2.37. The number of nitrogens with one attached hydrogen (secondary N) is 1. The molecular formula is C14H16N2O3S2. The Bertz CT molecular complexity index is 750. The summed E-state index contributed by atoms with van der Waals surface area (Å²) in [6, 6.07) is 0. The molecule has 2 aromatic heterocycles. The van der Waals surface area contributed by atoms with Gasteiger partial charge in [0, 0.05) is 4.88 Å². The Kier molecular flexibility index (Phi) is 4.03. The number of fused-ring (bicyclic) bond motifs is 3. The molecule has 0 radical (unpaired) electrons. The van der Waals surface area contributed by atoms with Crippen molar-refractivity contribution in [3.8, 4) is 0 Å². The SMILES string of the molecule is COC(=O)CSc1nc2sc3c(c2c(=O)[nH]1)CCC(C)C3. The van der Waals surface area contributed by atoms with Crippen LogP contribution in [0.3, 0.4) is 0 Å². The van der Waals surface area contributed by atoms with Crippen molar-refractivity contribution >= 4 is 39.3 Å². The Balaban J connectivity index is 1.97. The van der Waals surface area contributed by atoms with Gasteiger partial charge in [0.1, 0.15) is 4.83 Å². The first kappa shape index (κ1) is 14.6. The molecule has 1 aliphatic carbocycles. The second kappa shape index (κ2) is 5.81. The van der Waals surface area contributed by atoms with Crippen molar-refractivity contribution in [2.45, 2.75) is 31.3 Å². The maximum atomic E-state index is 12.3. The smallest absolute Gasteiger partial charge is 0.316 e. The van der Waals surface area contributed by atoms with Crippen LogP contribution in [0.4, 0.5) is 0 Å². The van der Waals surface area contributed by atoms with E-state index in [1.165, 1.54) is 29.3 Å². The fourth-order valence-electron chi connectivity index (χ4n) is 2.58. The van der Waals surface area contributed by atoms with Crippen molar-refractivity contribution < 1.29 is 9.53 Å². The minimum absolute atomic E-state index is 0.0978. The summed E-state index contributed by atoms with van der Waals surface area (Å²) in [5.41, 5.74) is 1.07. The lowest BCUT2D eigenvalue weighted by molar-refractivity contribution is -0.137. The first-order valence-corrected chi connectivity index (χ1v) is 8.63. The standard InChI is InChI=1S/C14H16N2O3S2/c1-7-3-4-8-9(5-7)21-13-11(8)12(18)15-14(16-13)20-6-10(17)19-2/h7H,3-6H2,1-2H3,(H,15,16,18). The van der Waals surface area contributed by atoms with Crippen LogP contribution >= 0.6 is 23.1 Å². The van der Waals surface area contributed by atoms with Crippen LogP contribution < -0.4 is 5.56 Å². The number of hydrogen-bond acceptors (Lipinski definition) is 6. The topological polar surface area (TPSA) is 72.0 Å². The molecule has 0 saturated carbocycles. The minimum Gasteiger partial charge on any atom is -0.468 e. The van der Waals surface area contributed by atoms with E-state index < -0.39 is 0 Å². The van der Waals surface area contributed by atoms with Gasteiger partial charge >= 0.3 is 5.97 Å². The number of aromatic nitrogens is 2. The number of H-pyrrole nitrogens is 1. The molecule has 21 heavy (non-hydrogen) atoms. The van der Waals surface area contributed by atoms with Crippen LogP contribution in [0.2, 0.25) is 0 Å². The molecule has 5 nitrogen and oxygen atoms in total. The summed E-state index contributed by atoms with van der Waals surface area (Å²) in [5.74, 6) is 0.479. The summed E-state index contributed by atoms with van der Waals surface area (Å²) in [7, 11) is 1.34. The third kappa shape index (κ3) is 2.85. The van der Waals surface area contributed by atoms with Gasteiger partial charge in [0.05, 0.1) is 18.2 Å². The number of methoxy groups -OCH3 is 1. The van der Waals surface area contributed by atoms with E-state index in [-0.39, 0.29) is 17.3 Å². The zero-order valence-electron chi connectivity index (χ0n) is 11.9. The second-order valence-corrected chi connectivity index (χ2v) is 7.32. The second-order valence-electron chi connectivity index (χ2n) is 5.27. The first-order valence-electron chi connectivity index (χ1n) is 6.82. The van der Waals surface area contributed by atoms with Gasteiger partial charge in [-0.1, -0.05) is 18.7 Å². The van der Waals surface area contributed by atoms with Crippen LogP contribution in [0.1, 0.15) is 23.8 Å². The maximum absolute atomic E-state index is 12.3. The lowest BCUT2D eigenvalue weighted by atomic mass is 9.89. The predicted molar refractivity (Wildman–Crippen MR) is 84.2 cm³/mol. The molecule has 0 aromatic carbocycles. The summed E-state index contributed by atoms with van der Waals surface area (Å²) < 4.78 is 4.59. The fraction of sp³-hybridized carbons (Fsp3) is 0.500. The van der Waals surface area contributed by atoms with E-state index in [1.54, 1.807) is 11.3 Å². The van der Waals surface area contributed by atoms with E-state index in [0.29, 0.717) is 11.1 Å². The van der Waals surface area contributed by atoms with Gasteiger partial charge in [0.25, 0.3) is 5.56 Å². The summed E-state index contributed by atoms with van der Waals surface area (Å²) in [6.45, 7) is 2.24. The third-order valence-electron chi connectivity index (χ3n) is 3.70. The highest BCUT2D eigenvalue weighted by atomic mass is 32.2. The lowest BCUT2D eigenvalue weighted by Gasteiger charge is -2.17. The van der Waals surface area contributed by atoms with Crippen molar-refractivity contribution in [3.05, 3.63) is 20.8 Å². The molecule has 2 aromatic rings. The summed E-state index contributed by atoms with van der Waals surface area (Å²) in [4.78, 5) is 32.8. The Hall–Kier alpha value is -1.34. The average molecular weight is 324 g/mol. The number of esters is 1. The molecule has 0 saturated heterocycles. The van der Waals surface area contributed by atoms with E-state index in [9.17, 15) is 9.59 Å². The summed E-state index contributed by atoms with van der Waals surface area (Å²) >= 11 is 2.81. The van der Waals surface area contributed by atoms with Crippen LogP contribution in [0.25, 0.3) is 10.2 Å². The lowest BCUT2D eigenvalue weighted by Crippen LogP contribution is -2.14. The Morgan fingerprint density at radius 3 is 3.14 bits per heavy atom. The van der Waals surface area contributed by atoms with Gasteiger partial charge in [0.15, 0.2) is 5.16 Å². The molecule has 3 rings (SSSR count). The van der Waals surface area contributed by atoms with Crippen molar-refractivity contribution in [3.63, 3.8) is 0 Å². The number of carbonyl (C=O) groups is 1. The molecule has 2 heterocycles. The highest BCUT2D eigenvalue weighted by Crippen LogP contribution is 2.36. The molecule has 1 atom stereocenters. The van der Waals surface area contributed by atoms with Gasteiger partial charge < -0.3 is 9.72 Å². The van der Waals surface area contributed by atoms with Crippen molar-refractivity contribution in [2.75, 3.05) is 12.9 Å². The third-order valence-corrected chi connectivity index (χ3v) is 5.69. The van der Waals surface area contributed by atoms with E-state index in [2.05, 4.69) is 21.6 Å². The molecule has 0 spiro atoms. The maximum Gasteiger partial charge on any atom is 0.316 e. The Labute approximate surface area is 130 Å². The Morgan fingerprint density at radius 1 is 1.57 bits per heavy atom. The Morgan fingerprint density at radius 2 is 2.38 bits per heavy atom. The number of thiophene rings is 1. The molecule has 7 heteroatoms. The van der Waals surface area contributed by atoms with Gasteiger partial charge in [-0.15, -0.1) is 11.3 Å². The van der Waals surface area contributed by atoms with Crippen LogP contribution in [0.5, 0.6) is 0 Å². The highest BCUT2D eigenvalue weighted by Gasteiger charge is 2.23. The summed E-state index contributed by atoms with van der Waals surface area (Å²) in [5, 5.41) is 1.22. The zero-order valence-corrected chi connectivity index (χ0v) is 13.5.